The molecule has 0 saturated heterocycles. The fourth-order valence-corrected chi connectivity index (χ4v) is 2.28. The summed E-state index contributed by atoms with van der Waals surface area (Å²) < 4.78 is 71.1. The Bertz CT molecular complexity index is 503. The molecule has 0 bridgehead atoms. The Kier molecular flexibility index (Phi) is 4.03. The molecule has 0 spiro atoms. The Morgan fingerprint density at radius 2 is 1.81 bits per heavy atom. The molecule has 2 rings (SSSR count). The van der Waals surface area contributed by atoms with E-state index in [1.807, 2.05) is 0 Å². The summed E-state index contributed by atoms with van der Waals surface area (Å²) in [6.07, 6.45) is -4.98. The second-order valence-corrected chi connectivity index (χ2v) is 5.61. The second kappa shape index (κ2) is 5.23. The van der Waals surface area contributed by atoms with Crippen LogP contribution in [0.4, 0.5) is 22.0 Å². The van der Waals surface area contributed by atoms with Crippen LogP contribution in [-0.4, -0.2) is 29.2 Å². The second-order valence-electron chi connectivity index (χ2n) is 5.61. The van der Waals surface area contributed by atoms with Crippen molar-refractivity contribution in [2.75, 3.05) is 7.11 Å². The molecule has 1 saturated carbocycles. The van der Waals surface area contributed by atoms with Crippen molar-refractivity contribution in [1.82, 2.24) is 9.78 Å². The van der Waals surface area contributed by atoms with Gasteiger partial charge in [0.2, 0.25) is 0 Å². The zero-order chi connectivity index (χ0) is 16.0. The normalized spacial score (nSPS) is 23.5. The molecule has 0 radical (unpaired) electrons. The number of aromatic nitrogens is 2. The van der Waals surface area contributed by atoms with Gasteiger partial charge in [0.15, 0.2) is 0 Å². The summed E-state index contributed by atoms with van der Waals surface area (Å²) in [7, 11) is 1.48. The third-order valence-corrected chi connectivity index (χ3v) is 3.77. The molecule has 0 aromatic carbocycles. The molecule has 1 aliphatic carbocycles. The van der Waals surface area contributed by atoms with E-state index in [1.54, 1.807) is 13.8 Å². The summed E-state index contributed by atoms with van der Waals surface area (Å²) in [6.45, 7) is 3.39. The van der Waals surface area contributed by atoms with Crippen LogP contribution in [0.1, 0.15) is 50.0 Å². The molecule has 0 amide bonds. The van der Waals surface area contributed by atoms with Crippen LogP contribution >= 0.6 is 0 Å². The van der Waals surface area contributed by atoms with E-state index in [1.165, 1.54) is 7.11 Å². The van der Waals surface area contributed by atoms with E-state index in [0.29, 0.717) is 12.8 Å². The lowest BCUT2D eigenvalue weighted by Gasteiger charge is -2.36. The minimum atomic E-state index is -5.64. The van der Waals surface area contributed by atoms with Gasteiger partial charge >= 0.3 is 12.1 Å². The summed E-state index contributed by atoms with van der Waals surface area (Å²) in [5, 5.41) is 3.96. The Balaban J connectivity index is 2.40. The van der Waals surface area contributed by atoms with Gasteiger partial charge in [0, 0.05) is 7.11 Å². The van der Waals surface area contributed by atoms with Gasteiger partial charge in [-0.2, -0.15) is 27.1 Å². The highest BCUT2D eigenvalue weighted by molar-refractivity contribution is 5.21. The van der Waals surface area contributed by atoms with Crippen molar-refractivity contribution in [3.05, 3.63) is 17.5 Å². The lowest BCUT2D eigenvalue weighted by atomic mass is 9.89. The van der Waals surface area contributed by atoms with Gasteiger partial charge in [-0.3, -0.25) is 4.68 Å². The average molecular weight is 312 g/mol. The van der Waals surface area contributed by atoms with Crippen molar-refractivity contribution in [2.24, 2.45) is 0 Å². The molecule has 1 aliphatic rings. The van der Waals surface area contributed by atoms with Crippen LogP contribution in [0, 0.1) is 0 Å². The van der Waals surface area contributed by atoms with Gasteiger partial charge in [0.1, 0.15) is 5.69 Å². The molecule has 1 aromatic rings. The number of hydrogen-bond donors (Lipinski definition) is 0. The molecule has 0 atom stereocenters. The molecule has 3 nitrogen and oxygen atoms in total. The minimum absolute atomic E-state index is 0.117. The summed E-state index contributed by atoms with van der Waals surface area (Å²) >= 11 is 0. The van der Waals surface area contributed by atoms with E-state index in [0.717, 1.165) is 10.7 Å². The highest BCUT2D eigenvalue weighted by atomic mass is 19.4. The van der Waals surface area contributed by atoms with Crippen LogP contribution < -0.4 is 0 Å². The lowest BCUT2D eigenvalue weighted by molar-refractivity contribution is -0.292. The first-order valence-corrected chi connectivity index (χ1v) is 6.65. The smallest absolute Gasteiger partial charge is 0.381 e. The van der Waals surface area contributed by atoms with Crippen LogP contribution in [0.5, 0.6) is 0 Å². The first kappa shape index (κ1) is 16.2. The monoisotopic (exact) mass is 312 g/mol. The predicted molar refractivity (Wildman–Crippen MR) is 65.3 cm³/mol. The van der Waals surface area contributed by atoms with E-state index in [9.17, 15) is 22.0 Å². The van der Waals surface area contributed by atoms with E-state index in [2.05, 4.69) is 5.10 Å². The van der Waals surface area contributed by atoms with Gasteiger partial charge in [0.25, 0.3) is 0 Å². The summed E-state index contributed by atoms with van der Waals surface area (Å²) in [5.41, 5.74) is -0.854. The third kappa shape index (κ3) is 2.77. The third-order valence-electron chi connectivity index (χ3n) is 3.77. The van der Waals surface area contributed by atoms with Crippen molar-refractivity contribution >= 4 is 0 Å². The van der Waals surface area contributed by atoms with Gasteiger partial charge in [-0.15, -0.1) is 0 Å². The van der Waals surface area contributed by atoms with Gasteiger partial charge in [0.05, 0.1) is 17.8 Å². The van der Waals surface area contributed by atoms with E-state index >= 15 is 0 Å². The number of methoxy groups -OCH3 is 1. The zero-order valence-corrected chi connectivity index (χ0v) is 11.9. The molecular weight excluding hydrogens is 295 g/mol. The first-order valence-electron chi connectivity index (χ1n) is 6.65. The highest BCUT2D eigenvalue weighted by Crippen LogP contribution is 2.47. The molecule has 0 N–H and O–H groups in total. The molecule has 1 heterocycles. The van der Waals surface area contributed by atoms with E-state index in [-0.39, 0.29) is 17.7 Å². The van der Waals surface area contributed by atoms with Gasteiger partial charge in [-0.05, 0) is 24.8 Å². The van der Waals surface area contributed by atoms with Gasteiger partial charge in [-0.25, -0.2) is 0 Å². The first-order chi connectivity index (χ1) is 9.57. The Hall–Kier alpha value is -1.18. The number of halogens is 5. The number of alkyl halides is 5. The van der Waals surface area contributed by atoms with Crippen molar-refractivity contribution in [3.8, 4) is 0 Å². The van der Waals surface area contributed by atoms with Crippen molar-refractivity contribution in [1.29, 1.82) is 0 Å². The summed E-state index contributed by atoms with van der Waals surface area (Å²) in [4.78, 5) is 0. The lowest BCUT2D eigenvalue weighted by Crippen LogP contribution is -2.40. The molecule has 0 aliphatic heterocycles. The zero-order valence-electron chi connectivity index (χ0n) is 11.9. The maximum atomic E-state index is 13.7. The van der Waals surface area contributed by atoms with Gasteiger partial charge < -0.3 is 4.74 Å². The minimum Gasteiger partial charge on any atom is -0.381 e. The fraction of sp³-hybridized carbons (Fsp3) is 0.769. The summed E-state index contributed by atoms with van der Waals surface area (Å²) in [6, 6.07) is 0.379. The molecule has 1 aromatic heterocycles. The molecule has 1 fully saturated rings. The maximum Gasteiger partial charge on any atom is 0.459 e. The van der Waals surface area contributed by atoms with Gasteiger partial charge in [-0.1, -0.05) is 13.8 Å². The quantitative estimate of drug-likeness (QED) is 0.786. The number of rotatable bonds is 4. The Morgan fingerprint density at radius 3 is 2.24 bits per heavy atom. The van der Waals surface area contributed by atoms with Crippen molar-refractivity contribution < 1.29 is 26.7 Å². The molecule has 120 valence electrons. The fourth-order valence-electron chi connectivity index (χ4n) is 2.28. The standard InChI is InChI=1S/C13H17F5N2O/c1-7(2)10-6-11(12(14,15)13(16,17)18)20(19-10)8-4-9(5-8)21-3/h6-9H,4-5H2,1-3H3. The van der Waals surface area contributed by atoms with Crippen LogP contribution in [0.3, 0.4) is 0 Å². The van der Waals surface area contributed by atoms with E-state index in [4.69, 9.17) is 4.74 Å². The van der Waals surface area contributed by atoms with Crippen molar-refractivity contribution in [3.63, 3.8) is 0 Å². The average Bonchev–Trinajstić information content (AvgIpc) is 2.71. The van der Waals surface area contributed by atoms with Crippen LogP contribution in [0.15, 0.2) is 6.07 Å². The SMILES string of the molecule is COC1CC(n2nc(C(C)C)cc2C(F)(F)C(F)(F)F)C1. The molecule has 8 heteroatoms. The number of ether oxygens (including phenoxy) is 1. The van der Waals surface area contributed by atoms with Crippen LogP contribution in [0.25, 0.3) is 0 Å². The Morgan fingerprint density at radius 1 is 1.24 bits per heavy atom. The maximum absolute atomic E-state index is 13.7. The molecule has 0 unspecified atom stereocenters. The largest absolute Gasteiger partial charge is 0.459 e. The van der Waals surface area contributed by atoms with E-state index < -0.39 is 23.8 Å². The number of hydrogen-bond acceptors (Lipinski definition) is 2. The predicted octanol–water partition coefficient (Wildman–Crippen LogP) is 4.01. The molecule has 21 heavy (non-hydrogen) atoms. The topological polar surface area (TPSA) is 27.1 Å². The van der Waals surface area contributed by atoms with Crippen LogP contribution in [-0.2, 0) is 10.7 Å². The highest BCUT2D eigenvalue weighted by Gasteiger charge is 2.61. The Labute approximate surface area is 119 Å². The van der Waals surface area contributed by atoms with Crippen molar-refractivity contribution in [2.45, 2.75) is 56.9 Å². The number of nitrogens with zero attached hydrogens (tertiary/aromatic N) is 2. The summed E-state index contributed by atoms with van der Waals surface area (Å²) in [5.74, 6) is -5.14. The van der Waals surface area contributed by atoms with Crippen LogP contribution in [0.2, 0.25) is 0 Å². The molecular formula is C13H17F5N2O.